The van der Waals surface area contributed by atoms with Crippen molar-refractivity contribution >= 4 is 28.4 Å². The molecule has 1 heterocycles. The maximum atomic E-state index is 12.2. The van der Waals surface area contributed by atoms with E-state index in [1.54, 1.807) is 0 Å². The predicted octanol–water partition coefficient (Wildman–Crippen LogP) is 3.52. The highest BCUT2D eigenvalue weighted by Gasteiger charge is 2.16. The lowest BCUT2D eigenvalue weighted by atomic mass is 10.1. The highest BCUT2D eigenvalue weighted by Crippen LogP contribution is 2.27. The largest absolute Gasteiger partial charge is 0.357 e. The molecular weight excluding hydrogens is 248 g/mol. The minimum absolute atomic E-state index is 0.0466. The Labute approximate surface area is 112 Å². The number of benzene rings is 1. The number of hydrogen-bond acceptors (Lipinski definition) is 1. The number of carbonyl (C=O) groups excluding carboxylic acids is 1. The second-order valence-corrected chi connectivity index (χ2v) is 5.30. The number of hydrogen-bond donors (Lipinski definition) is 2. The van der Waals surface area contributed by atoms with Gasteiger partial charge in [-0.3, -0.25) is 4.79 Å². The van der Waals surface area contributed by atoms with E-state index in [9.17, 15) is 4.79 Å². The minimum Gasteiger partial charge on any atom is -0.357 e. The molecule has 1 aromatic heterocycles. The van der Waals surface area contributed by atoms with Gasteiger partial charge in [-0.25, -0.2) is 0 Å². The molecule has 0 aliphatic heterocycles. The number of rotatable bonds is 3. The van der Waals surface area contributed by atoms with Gasteiger partial charge >= 0.3 is 0 Å². The van der Waals surface area contributed by atoms with Crippen molar-refractivity contribution in [2.75, 3.05) is 6.54 Å². The highest BCUT2D eigenvalue weighted by atomic mass is 35.5. The van der Waals surface area contributed by atoms with Crippen LogP contribution >= 0.6 is 11.6 Å². The molecular formula is C14H17ClN2O. The normalized spacial score (nSPS) is 11.2. The number of nitrogens with one attached hydrogen (secondary N) is 2. The third-order valence-corrected chi connectivity index (χ3v) is 3.18. The van der Waals surface area contributed by atoms with Gasteiger partial charge in [0.2, 0.25) is 0 Å². The van der Waals surface area contributed by atoms with Gasteiger partial charge in [0.05, 0.1) is 16.1 Å². The van der Waals surface area contributed by atoms with Gasteiger partial charge in [0.15, 0.2) is 0 Å². The first-order chi connectivity index (χ1) is 8.50. The van der Waals surface area contributed by atoms with Crippen molar-refractivity contribution in [2.45, 2.75) is 20.8 Å². The third kappa shape index (κ3) is 2.36. The van der Waals surface area contributed by atoms with Crippen molar-refractivity contribution in [3.8, 4) is 0 Å². The first kappa shape index (κ1) is 13.0. The Bertz CT molecular complexity index is 587. The summed E-state index contributed by atoms with van der Waals surface area (Å²) in [6, 6.07) is 5.59. The SMILES string of the molecule is Cc1[nH]c2c(Cl)cccc2c1C(=O)NCC(C)C. The number of aromatic amines is 1. The summed E-state index contributed by atoms with van der Waals surface area (Å²) in [6.45, 7) is 6.70. The first-order valence-corrected chi connectivity index (χ1v) is 6.43. The molecule has 18 heavy (non-hydrogen) atoms. The van der Waals surface area contributed by atoms with Crippen LogP contribution in [-0.4, -0.2) is 17.4 Å². The van der Waals surface area contributed by atoms with Gasteiger partial charge in [-0.2, -0.15) is 0 Å². The zero-order valence-corrected chi connectivity index (χ0v) is 11.6. The zero-order valence-electron chi connectivity index (χ0n) is 10.8. The van der Waals surface area contributed by atoms with Crippen LogP contribution in [0.1, 0.15) is 29.9 Å². The van der Waals surface area contributed by atoms with Gasteiger partial charge in [-0.1, -0.05) is 37.6 Å². The van der Waals surface area contributed by atoms with E-state index in [0.717, 1.165) is 16.6 Å². The van der Waals surface area contributed by atoms with E-state index in [4.69, 9.17) is 11.6 Å². The van der Waals surface area contributed by atoms with Crippen LogP contribution in [0.2, 0.25) is 5.02 Å². The number of aromatic nitrogens is 1. The average molecular weight is 265 g/mol. The molecule has 2 N–H and O–H groups in total. The molecule has 0 bridgehead atoms. The lowest BCUT2D eigenvalue weighted by molar-refractivity contribution is 0.0950. The Morgan fingerprint density at radius 1 is 1.44 bits per heavy atom. The average Bonchev–Trinajstić information content (AvgIpc) is 2.64. The van der Waals surface area contributed by atoms with E-state index >= 15 is 0 Å². The van der Waals surface area contributed by atoms with Crippen LogP contribution in [0, 0.1) is 12.8 Å². The number of H-pyrrole nitrogens is 1. The molecule has 0 spiro atoms. The van der Waals surface area contributed by atoms with Crippen LogP contribution in [0.15, 0.2) is 18.2 Å². The third-order valence-electron chi connectivity index (χ3n) is 2.87. The molecule has 0 fully saturated rings. The summed E-state index contributed by atoms with van der Waals surface area (Å²) in [5, 5.41) is 4.45. The van der Waals surface area contributed by atoms with Crippen molar-refractivity contribution < 1.29 is 4.79 Å². The fraction of sp³-hybridized carbons (Fsp3) is 0.357. The molecule has 0 atom stereocenters. The van der Waals surface area contributed by atoms with Crippen LogP contribution in [0.5, 0.6) is 0 Å². The molecule has 96 valence electrons. The molecule has 0 aliphatic carbocycles. The van der Waals surface area contributed by atoms with Gasteiger partial charge in [-0.15, -0.1) is 0 Å². The Balaban J connectivity index is 2.41. The number of para-hydroxylation sites is 1. The summed E-state index contributed by atoms with van der Waals surface area (Å²) in [5.41, 5.74) is 2.36. The van der Waals surface area contributed by atoms with Gasteiger partial charge in [0.1, 0.15) is 0 Å². The van der Waals surface area contributed by atoms with Crippen LogP contribution in [0.4, 0.5) is 0 Å². The number of halogens is 1. The van der Waals surface area contributed by atoms with E-state index < -0.39 is 0 Å². The summed E-state index contributed by atoms with van der Waals surface area (Å²) >= 11 is 6.11. The fourth-order valence-electron chi connectivity index (χ4n) is 1.99. The Morgan fingerprint density at radius 2 is 2.17 bits per heavy atom. The molecule has 0 saturated carbocycles. The van der Waals surface area contributed by atoms with Crippen LogP contribution in [-0.2, 0) is 0 Å². The zero-order chi connectivity index (χ0) is 13.3. The standard InChI is InChI=1S/C14H17ClN2O/c1-8(2)7-16-14(18)12-9(3)17-13-10(12)5-4-6-11(13)15/h4-6,8,17H,7H2,1-3H3,(H,16,18). The second kappa shape index (κ2) is 5.02. The number of carbonyl (C=O) groups is 1. The molecule has 0 saturated heterocycles. The van der Waals surface area contributed by atoms with Crippen LogP contribution in [0.25, 0.3) is 10.9 Å². The maximum Gasteiger partial charge on any atom is 0.253 e. The highest BCUT2D eigenvalue weighted by molar-refractivity contribution is 6.35. The molecule has 3 nitrogen and oxygen atoms in total. The van der Waals surface area contributed by atoms with Crippen molar-refractivity contribution in [3.05, 3.63) is 34.5 Å². The van der Waals surface area contributed by atoms with Gasteiger partial charge < -0.3 is 10.3 Å². The molecule has 0 radical (unpaired) electrons. The van der Waals surface area contributed by atoms with E-state index in [1.807, 2.05) is 25.1 Å². The number of aryl methyl sites for hydroxylation is 1. The lowest BCUT2D eigenvalue weighted by Gasteiger charge is -2.07. The smallest absolute Gasteiger partial charge is 0.253 e. The van der Waals surface area contributed by atoms with Crippen LogP contribution in [0.3, 0.4) is 0 Å². The maximum absolute atomic E-state index is 12.2. The van der Waals surface area contributed by atoms with E-state index in [0.29, 0.717) is 23.0 Å². The minimum atomic E-state index is -0.0466. The van der Waals surface area contributed by atoms with Crippen molar-refractivity contribution in [1.82, 2.24) is 10.3 Å². The number of fused-ring (bicyclic) bond motifs is 1. The summed E-state index contributed by atoms with van der Waals surface area (Å²) in [5.74, 6) is 0.387. The molecule has 4 heteroatoms. The van der Waals surface area contributed by atoms with E-state index in [1.165, 1.54) is 0 Å². The monoisotopic (exact) mass is 264 g/mol. The molecule has 0 aliphatic rings. The predicted molar refractivity (Wildman–Crippen MR) is 75.2 cm³/mol. The Morgan fingerprint density at radius 3 is 2.83 bits per heavy atom. The Kier molecular flexibility index (Phi) is 3.62. The summed E-state index contributed by atoms with van der Waals surface area (Å²) in [4.78, 5) is 15.4. The first-order valence-electron chi connectivity index (χ1n) is 6.05. The van der Waals surface area contributed by atoms with Crippen LogP contribution < -0.4 is 5.32 Å². The Hall–Kier alpha value is -1.48. The van der Waals surface area contributed by atoms with Crippen molar-refractivity contribution in [2.24, 2.45) is 5.92 Å². The topological polar surface area (TPSA) is 44.9 Å². The second-order valence-electron chi connectivity index (χ2n) is 4.89. The van der Waals surface area contributed by atoms with Gasteiger partial charge in [0.25, 0.3) is 5.91 Å². The fourth-order valence-corrected chi connectivity index (χ4v) is 2.21. The molecule has 2 rings (SSSR count). The van der Waals surface area contributed by atoms with E-state index in [-0.39, 0.29) is 5.91 Å². The molecule has 0 unspecified atom stereocenters. The quantitative estimate of drug-likeness (QED) is 0.875. The molecule has 2 aromatic rings. The van der Waals surface area contributed by atoms with Crippen molar-refractivity contribution in [3.63, 3.8) is 0 Å². The lowest BCUT2D eigenvalue weighted by Crippen LogP contribution is -2.27. The van der Waals surface area contributed by atoms with Crippen molar-refractivity contribution in [1.29, 1.82) is 0 Å². The van der Waals surface area contributed by atoms with Gasteiger partial charge in [-0.05, 0) is 18.9 Å². The van der Waals surface area contributed by atoms with Gasteiger partial charge in [0, 0.05) is 17.6 Å². The van der Waals surface area contributed by atoms with E-state index in [2.05, 4.69) is 24.1 Å². The summed E-state index contributed by atoms with van der Waals surface area (Å²) in [7, 11) is 0. The summed E-state index contributed by atoms with van der Waals surface area (Å²) < 4.78 is 0. The molecule has 1 aromatic carbocycles. The summed E-state index contributed by atoms with van der Waals surface area (Å²) in [6.07, 6.45) is 0. The molecule has 1 amide bonds. The number of amides is 1.